The van der Waals surface area contributed by atoms with Gasteiger partial charge in [0.15, 0.2) is 9.84 Å². The molecule has 0 spiro atoms. The maximum atomic E-state index is 12.4. The number of hydrogen-bond donors (Lipinski definition) is 3. The molecule has 0 radical (unpaired) electrons. The molecule has 150 valence electrons. The second kappa shape index (κ2) is 8.61. The van der Waals surface area contributed by atoms with E-state index in [1.54, 1.807) is 36.4 Å². The minimum atomic E-state index is -3.40. The van der Waals surface area contributed by atoms with Gasteiger partial charge in [-0.25, -0.2) is 13.2 Å². The lowest BCUT2D eigenvalue weighted by Gasteiger charge is -2.09. The minimum Gasteiger partial charge on any atom is -0.467 e. The normalized spacial score (nSPS) is 10.9. The van der Waals surface area contributed by atoms with Crippen molar-refractivity contribution in [3.05, 3.63) is 78.3 Å². The number of sulfone groups is 1. The van der Waals surface area contributed by atoms with Gasteiger partial charge >= 0.3 is 6.03 Å². The largest absolute Gasteiger partial charge is 0.467 e. The number of urea groups is 1. The van der Waals surface area contributed by atoms with Crippen molar-refractivity contribution in [1.29, 1.82) is 0 Å². The summed E-state index contributed by atoms with van der Waals surface area (Å²) in [5.74, 6) is 0.200. The summed E-state index contributed by atoms with van der Waals surface area (Å²) in [5, 5.41) is 8.01. The van der Waals surface area contributed by atoms with Crippen LogP contribution in [0.15, 0.2) is 76.2 Å². The van der Waals surface area contributed by atoms with E-state index < -0.39 is 21.8 Å². The lowest BCUT2D eigenvalue weighted by molar-refractivity contribution is 0.102. The van der Waals surface area contributed by atoms with Crippen molar-refractivity contribution in [1.82, 2.24) is 5.32 Å². The van der Waals surface area contributed by atoms with Gasteiger partial charge in [0.25, 0.3) is 5.91 Å². The van der Waals surface area contributed by atoms with E-state index in [9.17, 15) is 18.0 Å². The van der Waals surface area contributed by atoms with E-state index in [0.29, 0.717) is 17.1 Å². The standard InChI is InChI=1S/C20H19N3O5S/c1-29(26,27)18-6-2-4-14(12-18)19(24)22-15-7-9-16(10-8-15)23-20(25)21-13-17-5-3-11-28-17/h2-12H,13H2,1H3,(H,22,24)(H2,21,23,25). The van der Waals surface area contributed by atoms with Crippen molar-refractivity contribution in [2.75, 3.05) is 16.9 Å². The van der Waals surface area contributed by atoms with Crippen LogP contribution in [0, 0.1) is 0 Å². The van der Waals surface area contributed by atoms with E-state index in [1.165, 1.54) is 30.5 Å². The SMILES string of the molecule is CS(=O)(=O)c1cccc(C(=O)Nc2ccc(NC(=O)NCc3ccco3)cc2)c1. The molecule has 3 amide bonds. The third-order valence-corrected chi connectivity index (χ3v) is 5.04. The molecule has 1 heterocycles. The highest BCUT2D eigenvalue weighted by Gasteiger charge is 2.12. The zero-order chi connectivity index (χ0) is 20.9. The lowest BCUT2D eigenvalue weighted by atomic mass is 10.2. The van der Waals surface area contributed by atoms with Crippen LogP contribution in [0.4, 0.5) is 16.2 Å². The third kappa shape index (κ3) is 5.69. The van der Waals surface area contributed by atoms with Gasteiger partial charge < -0.3 is 20.4 Å². The van der Waals surface area contributed by atoms with E-state index in [-0.39, 0.29) is 17.0 Å². The minimum absolute atomic E-state index is 0.0743. The number of anilines is 2. The van der Waals surface area contributed by atoms with Crippen molar-refractivity contribution in [3.63, 3.8) is 0 Å². The quantitative estimate of drug-likeness (QED) is 0.573. The molecule has 0 saturated carbocycles. The molecule has 0 saturated heterocycles. The van der Waals surface area contributed by atoms with Crippen LogP contribution < -0.4 is 16.0 Å². The maximum absolute atomic E-state index is 12.4. The number of benzene rings is 2. The van der Waals surface area contributed by atoms with Crippen LogP contribution in [-0.4, -0.2) is 26.6 Å². The third-order valence-electron chi connectivity index (χ3n) is 3.93. The molecular formula is C20H19N3O5S. The van der Waals surface area contributed by atoms with Crippen LogP contribution in [0.1, 0.15) is 16.1 Å². The molecule has 2 aromatic carbocycles. The first-order valence-corrected chi connectivity index (χ1v) is 10.5. The fourth-order valence-electron chi connectivity index (χ4n) is 2.46. The average Bonchev–Trinajstić information content (AvgIpc) is 3.21. The van der Waals surface area contributed by atoms with Crippen molar-refractivity contribution in [3.8, 4) is 0 Å². The molecule has 3 rings (SSSR count). The van der Waals surface area contributed by atoms with Crippen LogP contribution in [-0.2, 0) is 16.4 Å². The molecule has 9 heteroatoms. The molecule has 3 N–H and O–H groups in total. The summed E-state index contributed by atoms with van der Waals surface area (Å²) in [5.41, 5.74) is 1.27. The Kier molecular flexibility index (Phi) is 5.99. The zero-order valence-corrected chi connectivity index (χ0v) is 16.3. The molecule has 0 atom stereocenters. The van der Waals surface area contributed by atoms with Gasteiger partial charge in [-0.2, -0.15) is 0 Å². The lowest BCUT2D eigenvalue weighted by Crippen LogP contribution is -2.27. The number of nitrogens with one attached hydrogen (secondary N) is 3. The van der Waals surface area contributed by atoms with E-state index in [4.69, 9.17) is 4.42 Å². The molecule has 0 fully saturated rings. The summed E-state index contributed by atoms with van der Waals surface area (Å²) < 4.78 is 28.4. The molecule has 8 nitrogen and oxygen atoms in total. The molecule has 3 aromatic rings. The van der Waals surface area contributed by atoms with Crippen LogP contribution in [0.3, 0.4) is 0 Å². The van der Waals surface area contributed by atoms with Crippen LogP contribution >= 0.6 is 0 Å². The summed E-state index contributed by atoms with van der Waals surface area (Å²) in [6.45, 7) is 0.263. The van der Waals surface area contributed by atoms with Crippen molar-refractivity contribution in [2.45, 2.75) is 11.4 Å². The molecule has 0 unspecified atom stereocenters. The second-order valence-corrected chi connectivity index (χ2v) is 8.23. The van der Waals surface area contributed by atoms with Crippen LogP contribution in [0.25, 0.3) is 0 Å². The topological polar surface area (TPSA) is 118 Å². The van der Waals surface area contributed by atoms with Crippen LogP contribution in [0.2, 0.25) is 0 Å². The Balaban J connectivity index is 1.57. The van der Waals surface area contributed by atoms with Gasteiger partial charge in [-0.05, 0) is 54.6 Å². The van der Waals surface area contributed by atoms with Gasteiger partial charge in [-0.1, -0.05) is 6.07 Å². The predicted octanol–water partition coefficient (Wildman–Crippen LogP) is 3.26. The first-order valence-electron chi connectivity index (χ1n) is 8.60. The number of furan rings is 1. The van der Waals surface area contributed by atoms with E-state index >= 15 is 0 Å². The molecule has 0 aliphatic rings. The van der Waals surface area contributed by atoms with Gasteiger partial charge in [0.2, 0.25) is 0 Å². The highest BCUT2D eigenvalue weighted by Crippen LogP contribution is 2.16. The predicted molar refractivity (Wildman–Crippen MR) is 109 cm³/mol. The molecular weight excluding hydrogens is 394 g/mol. The van der Waals surface area contributed by atoms with Gasteiger partial charge in [0.05, 0.1) is 17.7 Å². The van der Waals surface area contributed by atoms with Gasteiger partial charge in [0, 0.05) is 23.2 Å². The summed E-state index contributed by atoms with van der Waals surface area (Å²) in [4.78, 5) is 24.3. The fraction of sp³-hybridized carbons (Fsp3) is 0.100. The zero-order valence-electron chi connectivity index (χ0n) is 15.5. The number of rotatable bonds is 6. The van der Waals surface area contributed by atoms with Gasteiger partial charge in [-0.3, -0.25) is 4.79 Å². The Bertz CT molecular complexity index is 1110. The Morgan fingerprint density at radius 3 is 2.24 bits per heavy atom. The summed E-state index contributed by atoms with van der Waals surface area (Å²) >= 11 is 0. The highest BCUT2D eigenvalue weighted by molar-refractivity contribution is 7.90. The smallest absolute Gasteiger partial charge is 0.319 e. The Labute approximate surface area is 167 Å². The Hall–Kier alpha value is -3.59. The number of carbonyl (C=O) groups is 2. The number of hydrogen-bond acceptors (Lipinski definition) is 5. The van der Waals surface area contributed by atoms with E-state index in [1.807, 2.05) is 0 Å². The molecule has 0 aliphatic heterocycles. The summed E-state index contributed by atoms with van der Waals surface area (Å²) in [7, 11) is -3.40. The molecule has 0 bridgehead atoms. The molecule has 0 aliphatic carbocycles. The summed E-state index contributed by atoms with van der Waals surface area (Å²) in [6.07, 6.45) is 2.61. The summed E-state index contributed by atoms with van der Waals surface area (Å²) in [6, 6.07) is 15.4. The number of carbonyl (C=O) groups excluding carboxylic acids is 2. The second-order valence-electron chi connectivity index (χ2n) is 6.22. The van der Waals surface area contributed by atoms with Crippen LogP contribution in [0.5, 0.6) is 0 Å². The molecule has 29 heavy (non-hydrogen) atoms. The first-order chi connectivity index (χ1) is 13.8. The van der Waals surface area contributed by atoms with Gasteiger partial charge in [0.1, 0.15) is 5.76 Å². The highest BCUT2D eigenvalue weighted by atomic mass is 32.2. The van der Waals surface area contributed by atoms with E-state index in [2.05, 4.69) is 16.0 Å². The first kappa shape index (κ1) is 20.2. The fourth-order valence-corrected chi connectivity index (χ4v) is 3.13. The average molecular weight is 413 g/mol. The van der Waals surface area contributed by atoms with Crippen molar-refractivity contribution >= 4 is 33.2 Å². The van der Waals surface area contributed by atoms with Crippen molar-refractivity contribution in [2.24, 2.45) is 0 Å². The monoisotopic (exact) mass is 413 g/mol. The Morgan fingerprint density at radius 2 is 1.62 bits per heavy atom. The number of amides is 3. The van der Waals surface area contributed by atoms with Gasteiger partial charge in [-0.15, -0.1) is 0 Å². The van der Waals surface area contributed by atoms with Crippen molar-refractivity contribution < 1.29 is 22.4 Å². The maximum Gasteiger partial charge on any atom is 0.319 e. The Morgan fingerprint density at radius 1 is 0.931 bits per heavy atom. The van der Waals surface area contributed by atoms with E-state index in [0.717, 1.165) is 6.26 Å². The molecule has 1 aromatic heterocycles.